The van der Waals surface area contributed by atoms with Crippen molar-refractivity contribution >= 4 is 17.3 Å². The van der Waals surface area contributed by atoms with E-state index in [1.165, 1.54) is 4.40 Å². The third-order valence-electron chi connectivity index (χ3n) is 3.29. The number of ether oxygens (including phenoxy) is 1. The van der Waals surface area contributed by atoms with Gasteiger partial charge in [0.25, 0.3) is 0 Å². The number of amidine groups is 1. The Kier molecular flexibility index (Phi) is 2.90. The number of nitrogens with one attached hydrogen (secondary N) is 2. The Hall–Kier alpha value is -2.42. The molecule has 2 aromatic heterocycles. The number of anilines is 1. The summed E-state index contributed by atoms with van der Waals surface area (Å²) in [5.41, 5.74) is 5.69. The van der Waals surface area contributed by atoms with Crippen molar-refractivity contribution in [1.29, 1.82) is 5.41 Å². The first-order valence-electron chi connectivity index (χ1n) is 6.21. The fraction of sp³-hybridized carbons (Fsp3) is 0.455. The van der Waals surface area contributed by atoms with Gasteiger partial charge >= 0.3 is 5.69 Å². The molecule has 0 spiro atoms. The van der Waals surface area contributed by atoms with Crippen molar-refractivity contribution in [2.75, 3.05) is 24.6 Å². The van der Waals surface area contributed by atoms with Crippen molar-refractivity contribution in [2.45, 2.75) is 13.0 Å². The molecule has 3 heterocycles. The first-order chi connectivity index (χ1) is 9.56. The maximum absolute atomic E-state index is 11.6. The average Bonchev–Trinajstić information content (AvgIpc) is 2.81. The number of nitrogens with zero attached hydrogens (tertiary/aromatic N) is 4. The van der Waals surface area contributed by atoms with Crippen LogP contribution in [-0.2, 0) is 4.74 Å². The molecule has 1 unspecified atom stereocenters. The van der Waals surface area contributed by atoms with Crippen LogP contribution in [0.3, 0.4) is 0 Å². The van der Waals surface area contributed by atoms with E-state index in [-0.39, 0.29) is 11.5 Å². The number of nitrogens with two attached hydrogens (primary N) is 1. The minimum atomic E-state index is -0.427. The molecule has 20 heavy (non-hydrogen) atoms. The lowest BCUT2D eigenvalue weighted by Gasteiger charge is -2.33. The van der Waals surface area contributed by atoms with Gasteiger partial charge in [-0.1, -0.05) is 0 Å². The molecule has 9 nitrogen and oxygen atoms in total. The maximum Gasteiger partial charge on any atom is 0.349 e. The van der Waals surface area contributed by atoms with Crippen LogP contribution in [0.25, 0.3) is 5.65 Å². The number of aromatic amines is 1. The van der Waals surface area contributed by atoms with Crippen molar-refractivity contribution in [3.8, 4) is 0 Å². The van der Waals surface area contributed by atoms with Crippen molar-refractivity contribution in [2.24, 2.45) is 5.73 Å². The fourth-order valence-corrected chi connectivity index (χ4v) is 2.29. The van der Waals surface area contributed by atoms with Gasteiger partial charge in [-0.15, -0.1) is 0 Å². The largest absolute Gasteiger partial charge is 0.385 e. The molecule has 3 rings (SSSR count). The van der Waals surface area contributed by atoms with Crippen LogP contribution in [0.2, 0.25) is 0 Å². The topological polar surface area (TPSA) is 125 Å². The van der Waals surface area contributed by atoms with Gasteiger partial charge in [-0.2, -0.15) is 5.10 Å². The Morgan fingerprint density at radius 3 is 3.20 bits per heavy atom. The fourth-order valence-electron chi connectivity index (χ4n) is 2.29. The van der Waals surface area contributed by atoms with Crippen molar-refractivity contribution in [3.63, 3.8) is 0 Å². The van der Waals surface area contributed by atoms with Gasteiger partial charge in [0, 0.05) is 12.6 Å². The minimum absolute atomic E-state index is 0.00323. The van der Waals surface area contributed by atoms with E-state index in [2.05, 4.69) is 15.2 Å². The van der Waals surface area contributed by atoms with Crippen molar-refractivity contribution in [3.05, 3.63) is 22.4 Å². The highest BCUT2D eigenvalue weighted by Gasteiger charge is 2.24. The Labute approximate surface area is 113 Å². The number of morpholine rings is 1. The Balaban J connectivity index is 1.97. The van der Waals surface area contributed by atoms with Crippen LogP contribution in [0.15, 0.2) is 10.9 Å². The number of fused-ring (bicyclic) bond motifs is 1. The van der Waals surface area contributed by atoms with Gasteiger partial charge < -0.3 is 15.4 Å². The number of aromatic nitrogens is 4. The molecule has 0 radical (unpaired) electrons. The van der Waals surface area contributed by atoms with E-state index in [0.717, 1.165) is 0 Å². The summed E-state index contributed by atoms with van der Waals surface area (Å²) in [6.07, 6.45) is -0.427. The van der Waals surface area contributed by atoms with Crippen LogP contribution in [0.4, 0.5) is 5.82 Å². The number of hydrogen-bond acceptors (Lipinski definition) is 6. The van der Waals surface area contributed by atoms with Crippen LogP contribution in [0, 0.1) is 12.3 Å². The van der Waals surface area contributed by atoms with E-state index in [9.17, 15) is 4.79 Å². The first kappa shape index (κ1) is 12.6. The molecule has 1 saturated heterocycles. The number of rotatable bonds is 2. The van der Waals surface area contributed by atoms with Crippen molar-refractivity contribution < 1.29 is 4.74 Å². The predicted molar refractivity (Wildman–Crippen MR) is 72.2 cm³/mol. The summed E-state index contributed by atoms with van der Waals surface area (Å²) in [7, 11) is 0. The van der Waals surface area contributed by atoms with Crippen LogP contribution in [0.1, 0.15) is 5.82 Å². The summed E-state index contributed by atoms with van der Waals surface area (Å²) in [6, 6.07) is 1.73. The molecule has 1 atom stereocenters. The zero-order chi connectivity index (χ0) is 14.3. The molecule has 0 amide bonds. The minimum Gasteiger partial charge on any atom is -0.385 e. The standard InChI is InChI=1S/C11H15N7O2/c1-6-14-8(4-9-15-16-11(19)18(6)9)17-2-3-20-7(5-17)10(12)13/h4,7H,2-3,5H2,1H3,(H3,12,13)(H,16,19). The quantitative estimate of drug-likeness (QED) is 0.471. The van der Waals surface area contributed by atoms with E-state index in [1.54, 1.807) is 13.0 Å². The lowest BCUT2D eigenvalue weighted by molar-refractivity contribution is 0.0823. The third kappa shape index (κ3) is 2.01. The molecule has 0 aromatic carbocycles. The van der Waals surface area contributed by atoms with Crippen LogP contribution in [-0.4, -0.2) is 51.2 Å². The van der Waals surface area contributed by atoms with Gasteiger partial charge in [-0.25, -0.2) is 19.3 Å². The van der Waals surface area contributed by atoms with E-state index in [4.69, 9.17) is 15.9 Å². The summed E-state index contributed by atoms with van der Waals surface area (Å²) in [4.78, 5) is 17.9. The van der Waals surface area contributed by atoms with Crippen LogP contribution < -0.4 is 16.3 Å². The summed E-state index contributed by atoms with van der Waals surface area (Å²) in [5, 5.41) is 13.8. The second-order valence-electron chi connectivity index (χ2n) is 4.64. The molecule has 1 aliphatic heterocycles. The number of hydrogen-bond donors (Lipinski definition) is 3. The van der Waals surface area contributed by atoms with Gasteiger partial charge in [0.2, 0.25) is 0 Å². The smallest absolute Gasteiger partial charge is 0.349 e. The third-order valence-corrected chi connectivity index (χ3v) is 3.29. The Bertz CT molecular complexity index is 719. The Morgan fingerprint density at radius 2 is 2.45 bits per heavy atom. The summed E-state index contributed by atoms with van der Waals surface area (Å²) in [5.74, 6) is 1.26. The summed E-state index contributed by atoms with van der Waals surface area (Å²) >= 11 is 0. The molecule has 2 aromatic rings. The van der Waals surface area contributed by atoms with E-state index < -0.39 is 6.10 Å². The molecular formula is C11H15N7O2. The average molecular weight is 277 g/mol. The highest BCUT2D eigenvalue weighted by Crippen LogP contribution is 2.17. The maximum atomic E-state index is 11.6. The van der Waals surface area contributed by atoms with Gasteiger partial charge in [0.1, 0.15) is 23.6 Å². The van der Waals surface area contributed by atoms with E-state index in [0.29, 0.717) is 37.0 Å². The van der Waals surface area contributed by atoms with Gasteiger partial charge in [0.15, 0.2) is 5.65 Å². The van der Waals surface area contributed by atoms with Crippen LogP contribution in [0.5, 0.6) is 0 Å². The van der Waals surface area contributed by atoms with E-state index in [1.807, 2.05) is 4.90 Å². The molecule has 0 aliphatic carbocycles. The molecule has 106 valence electrons. The Morgan fingerprint density at radius 1 is 1.65 bits per heavy atom. The summed E-state index contributed by atoms with van der Waals surface area (Å²) in [6.45, 7) is 3.34. The molecular weight excluding hydrogens is 262 g/mol. The van der Waals surface area contributed by atoms with Crippen LogP contribution >= 0.6 is 0 Å². The lowest BCUT2D eigenvalue weighted by Crippen LogP contribution is -2.48. The zero-order valence-electron chi connectivity index (χ0n) is 11.0. The first-order valence-corrected chi connectivity index (χ1v) is 6.21. The number of aryl methyl sites for hydroxylation is 1. The second-order valence-corrected chi connectivity index (χ2v) is 4.64. The van der Waals surface area contributed by atoms with Gasteiger partial charge in [0.05, 0.1) is 13.2 Å². The zero-order valence-corrected chi connectivity index (χ0v) is 11.0. The molecule has 1 aliphatic rings. The van der Waals surface area contributed by atoms with Gasteiger partial charge in [-0.3, -0.25) is 5.41 Å². The normalized spacial score (nSPS) is 19.4. The molecule has 9 heteroatoms. The monoisotopic (exact) mass is 277 g/mol. The highest BCUT2D eigenvalue weighted by atomic mass is 16.5. The molecule has 0 bridgehead atoms. The van der Waals surface area contributed by atoms with E-state index >= 15 is 0 Å². The highest BCUT2D eigenvalue weighted by molar-refractivity contribution is 5.82. The molecule has 4 N–H and O–H groups in total. The molecule has 1 fully saturated rings. The second kappa shape index (κ2) is 4.60. The van der Waals surface area contributed by atoms with Gasteiger partial charge in [-0.05, 0) is 6.92 Å². The number of H-pyrrole nitrogens is 1. The SMILES string of the molecule is Cc1nc(N2CCOC(C(=N)N)C2)cc2n[nH]c(=O)n12. The lowest BCUT2D eigenvalue weighted by atomic mass is 10.2. The van der Waals surface area contributed by atoms with Crippen molar-refractivity contribution in [1.82, 2.24) is 19.6 Å². The predicted octanol–water partition coefficient (Wildman–Crippen LogP) is -1.13. The molecule has 0 saturated carbocycles. The summed E-state index contributed by atoms with van der Waals surface area (Å²) < 4.78 is 6.83.